The van der Waals surface area contributed by atoms with Crippen LogP contribution >= 0.6 is 0 Å². The van der Waals surface area contributed by atoms with Gasteiger partial charge in [-0.3, -0.25) is 0 Å². The summed E-state index contributed by atoms with van der Waals surface area (Å²) in [6, 6.07) is 0. The summed E-state index contributed by atoms with van der Waals surface area (Å²) in [4.78, 5) is 12.0. The molecule has 0 aromatic carbocycles. The second kappa shape index (κ2) is 9.37. The van der Waals surface area contributed by atoms with Crippen molar-refractivity contribution in [1.29, 1.82) is 0 Å². The minimum absolute atomic E-state index is 0.0413. The van der Waals surface area contributed by atoms with E-state index in [0.29, 0.717) is 5.92 Å². The average Bonchev–Trinajstić information content (AvgIpc) is 2.53. The standard InChI is InChI=1S/C22H40O2Si/c1-8-9-10-14-17-25(21(2,3)4,22(5,6)7)24-20(18-23)19-15-12-11-13-16-19/h18-20H,8-13,15-16H2,1-7H3. The van der Waals surface area contributed by atoms with Gasteiger partial charge in [-0.2, -0.15) is 0 Å². The highest BCUT2D eigenvalue weighted by Gasteiger charge is 2.56. The molecule has 0 aliphatic heterocycles. The fourth-order valence-electron chi connectivity index (χ4n) is 4.24. The lowest BCUT2D eigenvalue weighted by Gasteiger charge is -2.49. The van der Waals surface area contributed by atoms with E-state index in [1.165, 1.54) is 19.3 Å². The molecule has 1 unspecified atom stereocenters. The monoisotopic (exact) mass is 364 g/mol. The Morgan fingerprint density at radius 3 is 2.08 bits per heavy atom. The second-order valence-corrected chi connectivity index (χ2v) is 14.6. The lowest BCUT2D eigenvalue weighted by atomic mass is 9.86. The molecule has 1 saturated carbocycles. The van der Waals surface area contributed by atoms with Gasteiger partial charge in [-0.1, -0.05) is 79.7 Å². The number of aldehydes is 1. The third-order valence-corrected chi connectivity index (χ3v) is 11.0. The van der Waals surface area contributed by atoms with Crippen LogP contribution in [-0.4, -0.2) is 20.7 Å². The van der Waals surface area contributed by atoms with E-state index in [1.54, 1.807) is 0 Å². The lowest BCUT2D eigenvalue weighted by Crippen LogP contribution is -2.57. The van der Waals surface area contributed by atoms with E-state index in [2.05, 4.69) is 59.9 Å². The predicted octanol–water partition coefficient (Wildman–Crippen LogP) is 6.43. The van der Waals surface area contributed by atoms with Gasteiger partial charge in [0.05, 0.1) is 0 Å². The molecule has 25 heavy (non-hydrogen) atoms. The van der Waals surface area contributed by atoms with Gasteiger partial charge in [0.15, 0.2) is 0 Å². The molecule has 0 heterocycles. The molecule has 3 heteroatoms. The summed E-state index contributed by atoms with van der Waals surface area (Å²) in [6.07, 6.45) is 9.97. The highest BCUT2D eigenvalue weighted by molar-refractivity contribution is 6.86. The van der Waals surface area contributed by atoms with Crippen molar-refractivity contribution in [3.05, 3.63) is 0 Å². The molecule has 0 N–H and O–H groups in total. The Labute approximate surface area is 157 Å². The second-order valence-electron chi connectivity index (χ2n) is 9.70. The van der Waals surface area contributed by atoms with Gasteiger partial charge in [0.1, 0.15) is 12.4 Å². The molecule has 1 rings (SSSR count). The lowest BCUT2D eigenvalue weighted by molar-refractivity contribution is -0.117. The van der Waals surface area contributed by atoms with Crippen molar-refractivity contribution >= 4 is 14.6 Å². The zero-order chi connectivity index (χ0) is 19.1. The van der Waals surface area contributed by atoms with Gasteiger partial charge in [0.25, 0.3) is 8.32 Å². The van der Waals surface area contributed by atoms with E-state index in [1.807, 2.05) is 0 Å². The first-order valence-corrected chi connectivity index (χ1v) is 12.1. The van der Waals surface area contributed by atoms with Crippen LogP contribution in [0.2, 0.25) is 10.1 Å². The molecule has 0 bridgehead atoms. The average molecular weight is 365 g/mol. The normalized spacial score (nSPS) is 18.4. The molecule has 0 radical (unpaired) electrons. The topological polar surface area (TPSA) is 26.3 Å². The van der Waals surface area contributed by atoms with Crippen LogP contribution in [0.5, 0.6) is 0 Å². The van der Waals surface area contributed by atoms with Gasteiger partial charge in [-0.05, 0) is 35.3 Å². The Morgan fingerprint density at radius 1 is 1.08 bits per heavy atom. The Bertz CT molecular complexity index is 453. The van der Waals surface area contributed by atoms with Crippen LogP contribution in [0.1, 0.15) is 99.8 Å². The number of carbonyl (C=O) groups is 1. The maximum Gasteiger partial charge on any atom is 0.283 e. The molecule has 2 nitrogen and oxygen atoms in total. The summed E-state index contributed by atoms with van der Waals surface area (Å²) in [6.45, 7) is 15.7. The van der Waals surface area contributed by atoms with Gasteiger partial charge in [-0.25, -0.2) is 0 Å². The van der Waals surface area contributed by atoms with Crippen LogP contribution in [0.25, 0.3) is 0 Å². The molecular weight excluding hydrogens is 324 g/mol. The summed E-state index contributed by atoms with van der Waals surface area (Å²) in [7, 11) is -2.51. The fraction of sp³-hybridized carbons (Fsp3) is 0.864. The molecule has 0 amide bonds. The largest absolute Gasteiger partial charge is 0.394 e. The van der Waals surface area contributed by atoms with E-state index in [-0.39, 0.29) is 16.2 Å². The SMILES string of the molecule is CCCCC#C[Si](OC(C=O)C1CCCCC1)(C(C)(C)C)C(C)(C)C. The van der Waals surface area contributed by atoms with Gasteiger partial charge < -0.3 is 9.22 Å². The molecular formula is C22H40O2Si. The summed E-state index contributed by atoms with van der Waals surface area (Å²) in [5.41, 5.74) is 3.66. The highest BCUT2D eigenvalue weighted by atomic mass is 28.4. The van der Waals surface area contributed by atoms with Crippen molar-refractivity contribution in [2.45, 2.75) is 116 Å². The third-order valence-electron chi connectivity index (χ3n) is 5.59. The molecule has 0 aromatic heterocycles. The van der Waals surface area contributed by atoms with Crippen molar-refractivity contribution in [2.24, 2.45) is 5.92 Å². The molecule has 1 atom stereocenters. The molecule has 144 valence electrons. The molecule has 1 aliphatic rings. The zero-order valence-electron chi connectivity index (χ0n) is 17.7. The fourth-order valence-corrected chi connectivity index (χ4v) is 9.03. The van der Waals surface area contributed by atoms with Crippen molar-refractivity contribution in [3.63, 3.8) is 0 Å². The Balaban J connectivity index is 3.22. The molecule has 0 spiro atoms. The van der Waals surface area contributed by atoms with Gasteiger partial charge in [0.2, 0.25) is 0 Å². The van der Waals surface area contributed by atoms with Crippen molar-refractivity contribution in [1.82, 2.24) is 0 Å². The van der Waals surface area contributed by atoms with Crippen LogP contribution in [0.15, 0.2) is 0 Å². The van der Waals surface area contributed by atoms with E-state index in [9.17, 15) is 4.79 Å². The number of hydrogen-bond donors (Lipinski definition) is 0. The van der Waals surface area contributed by atoms with Crippen LogP contribution in [0.4, 0.5) is 0 Å². The van der Waals surface area contributed by atoms with Gasteiger partial charge in [-0.15, -0.1) is 5.92 Å². The van der Waals surface area contributed by atoms with E-state index < -0.39 is 8.32 Å². The molecule has 0 aromatic rings. The molecule has 0 saturated heterocycles. The van der Waals surface area contributed by atoms with Gasteiger partial charge >= 0.3 is 0 Å². The first-order valence-electron chi connectivity index (χ1n) is 10.2. The van der Waals surface area contributed by atoms with Crippen LogP contribution in [0, 0.1) is 17.4 Å². The third kappa shape index (κ3) is 5.69. The van der Waals surface area contributed by atoms with Crippen molar-refractivity contribution in [2.75, 3.05) is 0 Å². The Hall–Kier alpha value is -0.593. The number of carbonyl (C=O) groups excluding carboxylic acids is 1. The van der Waals surface area contributed by atoms with Crippen molar-refractivity contribution < 1.29 is 9.22 Å². The Kier molecular flexibility index (Phi) is 8.42. The maximum atomic E-state index is 12.0. The van der Waals surface area contributed by atoms with Crippen LogP contribution < -0.4 is 0 Å². The number of unbranched alkanes of at least 4 members (excludes halogenated alkanes) is 2. The van der Waals surface area contributed by atoms with Gasteiger partial charge in [0, 0.05) is 6.42 Å². The number of rotatable bonds is 6. The summed E-state index contributed by atoms with van der Waals surface area (Å²) in [5, 5.41) is -0.0826. The Morgan fingerprint density at radius 2 is 1.64 bits per heavy atom. The summed E-state index contributed by atoms with van der Waals surface area (Å²) in [5.74, 6) is 3.82. The maximum absolute atomic E-state index is 12.0. The van der Waals surface area contributed by atoms with Crippen molar-refractivity contribution in [3.8, 4) is 11.5 Å². The predicted molar refractivity (Wildman–Crippen MR) is 110 cm³/mol. The van der Waals surface area contributed by atoms with E-state index in [4.69, 9.17) is 4.43 Å². The minimum atomic E-state index is -2.51. The molecule has 1 aliphatic carbocycles. The first kappa shape index (κ1) is 22.4. The quantitative estimate of drug-likeness (QED) is 0.235. The summed E-state index contributed by atoms with van der Waals surface area (Å²) < 4.78 is 6.83. The smallest absolute Gasteiger partial charge is 0.283 e. The van der Waals surface area contributed by atoms with E-state index >= 15 is 0 Å². The first-order chi connectivity index (χ1) is 11.6. The summed E-state index contributed by atoms with van der Waals surface area (Å²) >= 11 is 0. The minimum Gasteiger partial charge on any atom is -0.394 e. The number of hydrogen-bond acceptors (Lipinski definition) is 2. The highest BCUT2D eigenvalue weighted by Crippen LogP contribution is 2.52. The zero-order valence-corrected chi connectivity index (χ0v) is 18.7. The van der Waals surface area contributed by atoms with Crippen LogP contribution in [-0.2, 0) is 9.22 Å². The van der Waals surface area contributed by atoms with Crippen LogP contribution in [0.3, 0.4) is 0 Å². The van der Waals surface area contributed by atoms with E-state index in [0.717, 1.165) is 38.4 Å². The molecule has 1 fully saturated rings.